The standard InChI is InChI=1S/C53H103NO5/c1-4-7-10-13-16-19-22-24-25-26-28-30-33-36-39-42-45-51(56)50(48-55)54-52(57)47-49(44-41-38-35-32-29-21-18-15-12-9-6-3)59-53(58)46-43-40-37-34-31-27-23-20-17-14-11-8-5-2/h32,35,49-51,55-56H,4-31,33-34,36-48H2,1-3H3,(H,54,57)/b35-32-. The van der Waals surface area contributed by atoms with Crippen LogP contribution >= 0.6 is 0 Å². The first-order chi connectivity index (χ1) is 29.0. The zero-order valence-corrected chi connectivity index (χ0v) is 39.9. The maximum absolute atomic E-state index is 13.2. The van der Waals surface area contributed by atoms with Crippen LogP contribution in [0.1, 0.15) is 290 Å². The highest BCUT2D eigenvalue weighted by atomic mass is 16.5. The Hall–Kier alpha value is -1.40. The topological polar surface area (TPSA) is 95.9 Å². The van der Waals surface area contributed by atoms with Gasteiger partial charge >= 0.3 is 5.97 Å². The number of unbranched alkanes of at least 4 members (excludes halogenated alkanes) is 34. The average Bonchev–Trinajstić information content (AvgIpc) is 3.23. The predicted octanol–water partition coefficient (Wildman–Crippen LogP) is 15.7. The van der Waals surface area contributed by atoms with Crippen molar-refractivity contribution >= 4 is 11.9 Å². The van der Waals surface area contributed by atoms with Gasteiger partial charge in [-0.1, -0.05) is 245 Å². The molecule has 0 aromatic carbocycles. The van der Waals surface area contributed by atoms with Crippen LogP contribution in [0.5, 0.6) is 0 Å². The minimum Gasteiger partial charge on any atom is -0.462 e. The van der Waals surface area contributed by atoms with Gasteiger partial charge in [0.1, 0.15) is 6.10 Å². The number of esters is 1. The Labute approximate surface area is 368 Å². The fourth-order valence-electron chi connectivity index (χ4n) is 8.31. The van der Waals surface area contributed by atoms with Gasteiger partial charge < -0.3 is 20.3 Å². The molecule has 0 bridgehead atoms. The number of allylic oxidation sites excluding steroid dienone is 2. The molecule has 6 heteroatoms. The number of hydrogen-bond acceptors (Lipinski definition) is 5. The second-order valence-corrected chi connectivity index (χ2v) is 18.3. The van der Waals surface area contributed by atoms with Crippen molar-refractivity contribution in [3.05, 3.63) is 12.2 Å². The van der Waals surface area contributed by atoms with E-state index in [1.165, 1.54) is 193 Å². The molecule has 3 atom stereocenters. The molecule has 0 radical (unpaired) electrons. The van der Waals surface area contributed by atoms with Crippen LogP contribution in [-0.2, 0) is 14.3 Å². The number of carbonyl (C=O) groups is 2. The summed E-state index contributed by atoms with van der Waals surface area (Å²) in [5.74, 6) is -0.487. The zero-order chi connectivity index (χ0) is 43.1. The number of nitrogens with one attached hydrogen (secondary N) is 1. The number of ether oxygens (including phenoxy) is 1. The summed E-state index contributed by atoms with van der Waals surface area (Å²) in [4.78, 5) is 26.1. The summed E-state index contributed by atoms with van der Waals surface area (Å²) in [6.45, 7) is 6.49. The number of aliphatic hydroxyl groups is 2. The van der Waals surface area contributed by atoms with Crippen molar-refractivity contribution in [2.75, 3.05) is 6.61 Å². The monoisotopic (exact) mass is 834 g/mol. The Kier molecular flexibility index (Phi) is 46.5. The highest BCUT2D eigenvalue weighted by Crippen LogP contribution is 2.18. The SMILES string of the molecule is CCCCCCCC/C=C\CCCC(CC(=O)NC(CO)C(O)CCCCCCCCCCCCCCCCCC)OC(=O)CCCCCCCCCCCCCCC. The lowest BCUT2D eigenvalue weighted by molar-refractivity contribution is -0.151. The smallest absolute Gasteiger partial charge is 0.306 e. The minimum absolute atomic E-state index is 0.0636. The maximum Gasteiger partial charge on any atom is 0.306 e. The van der Waals surface area contributed by atoms with E-state index in [1.807, 2.05) is 0 Å². The lowest BCUT2D eigenvalue weighted by Gasteiger charge is -2.24. The Balaban J connectivity index is 4.48. The second-order valence-electron chi connectivity index (χ2n) is 18.3. The lowest BCUT2D eigenvalue weighted by Crippen LogP contribution is -2.46. The van der Waals surface area contributed by atoms with E-state index in [9.17, 15) is 19.8 Å². The van der Waals surface area contributed by atoms with Crippen LogP contribution in [-0.4, -0.2) is 46.9 Å². The van der Waals surface area contributed by atoms with Crippen molar-refractivity contribution in [2.24, 2.45) is 0 Å². The van der Waals surface area contributed by atoms with Crippen LogP contribution in [0.4, 0.5) is 0 Å². The molecule has 350 valence electrons. The Bertz CT molecular complexity index is 893. The van der Waals surface area contributed by atoms with Crippen LogP contribution in [0, 0.1) is 0 Å². The summed E-state index contributed by atoms with van der Waals surface area (Å²) in [5, 5.41) is 23.8. The van der Waals surface area contributed by atoms with E-state index in [2.05, 4.69) is 38.2 Å². The average molecular weight is 834 g/mol. The van der Waals surface area contributed by atoms with E-state index < -0.39 is 18.2 Å². The van der Waals surface area contributed by atoms with Crippen LogP contribution < -0.4 is 5.32 Å². The van der Waals surface area contributed by atoms with E-state index in [1.54, 1.807) is 0 Å². The normalized spacial score (nSPS) is 13.2. The number of hydrogen-bond donors (Lipinski definition) is 3. The first-order valence-electron chi connectivity index (χ1n) is 26.4. The molecule has 3 N–H and O–H groups in total. The molecule has 0 aliphatic rings. The quantitative estimate of drug-likeness (QED) is 0.0322. The Morgan fingerprint density at radius 3 is 1.24 bits per heavy atom. The molecule has 0 aliphatic carbocycles. The van der Waals surface area contributed by atoms with Crippen molar-refractivity contribution in [3.8, 4) is 0 Å². The van der Waals surface area contributed by atoms with Crippen molar-refractivity contribution < 1.29 is 24.5 Å². The summed E-state index contributed by atoms with van der Waals surface area (Å²) in [5.41, 5.74) is 0. The van der Waals surface area contributed by atoms with Gasteiger partial charge in [0.25, 0.3) is 0 Å². The molecule has 0 aromatic rings. The fraction of sp³-hybridized carbons (Fsp3) is 0.925. The van der Waals surface area contributed by atoms with Gasteiger partial charge in [0.15, 0.2) is 0 Å². The highest BCUT2D eigenvalue weighted by molar-refractivity contribution is 5.77. The molecule has 0 fully saturated rings. The molecule has 0 heterocycles. The molecule has 3 unspecified atom stereocenters. The number of rotatable bonds is 48. The van der Waals surface area contributed by atoms with Gasteiger partial charge in [0.05, 0.1) is 25.2 Å². The number of aliphatic hydroxyl groups excluding tert-OH is 2. The summed E-state index contributed by atoms with van der Waals surface area (Å²) >= 11 is 0. The van der Waals surface area contributed by atoms with Gasteiger partial charge in [-0.25, -0.2) is 0 Å². The van der Waals surface area contributed by atoms with E-state index >= 15 is 0 Å². The van der Waals surface area contributed by atoms with Gasteiger partial charge in [-0.05, 0) is 44.9 Å². The largest absolute Gasteiger partial charge is 0.462 e. The van der Waals surface area contributed by atoms with Crippen LogP contribution in [0.15, 0.2) is 12.2 Å². The molecular weight excluding hydrogens is 731 g/mol. The van der Waals surface area contributed by atoms with E-state index in [-0.39, 0.29) is 24.9 Å². The molecule has 0 aliphatic heterocycles. The van der Waals surface area contributed by atoms with Gasteiger partial charge in [0, 0.05) is 6.42 Å². The predicted molar refractivity (Wildman–Crippen MR) is 255 cm³/mol. The van der Waals surface area contributed by atoms with E-state index in [0.717, 1.165) is 51.4 Å². The van der Waals surface area contributed by atoms with Crippen molar-refractivity contribution in [2.45, 2.75) is 309 Å². The fourth-order valence-corrected chi connectivity index (χ4v) is 8.31. The third-order valence-corrected chi connectivity index (χ3v) is 12.3. The number of carbonyl (C=O) groups excluding carboxylic acids is 2. The summed E-state index contributed by atoms with van der Waals surface area (Å²) in [6.07, 6.45) is 52.8. The summed E-state index contributed by atoms with van der Waals surface area (Å²) < 4.78 is 5.91. The maximum atomic E-state index is 13.2. The highest BCUT2D eigenvalue weighted by Gasteiger charge is 2.24. The Morgan fingerprint density at radius 1 is 0.475 bits per heavy atom. The molecule has 6 nitrogen and oxygen atoms in total. The van der Waals surface area contributed by atoms with Gasteiger partial charge in [0.2, 0.25) is 5.91 Å². The molecule has 0 saturated heterocycles. The molecule has 1 amide bonds. The van der Waals surface area contributed by atoms with Crippen LogP contribution in [0.25, 0.3) is 0 Å². The van der Waals surface area contributed by atoms with E-state index in [0.29, 0.717) is 19.3 Å². The molecule has 0 aromatic heterocycles. The van der Waals surface area contributed by atoms with Gasteiger partial charge in [-0.15, -0.1) is 0 Å². The molecular formula is C53H103NO5. The van der Waals surface area contributed by atoms with Gasteiger partial charge in [-0.3, -0.25) is 9.59 Å². The minimum atomic E-state index is -0.788. The van der Waals surface area contributed by atoms with E-state index in [4.69, 9.17) is 4.74 Å². The summed E-state index contributed by atoms with van der Waals surface area (Å²) in [7, 11) is 0. The number of amides is 1. The summed E-state index contributed by atoms with van der Waals surface area (Å²) in [6, 6.07) is -0.703. The van der Waals surface area contributed by atoms with Crippen molar-refractivity contribution in [3.63, 3.8) is 0 Å². The molecule has 59 heavy (non-hydrogen) atoms. The molecule has 0 saturated carbocycles. The van der Waals surface area contributed by atoms with Crippen LogP contribution in [0.3, 0.4) is 0 Å². The first kappa shape index (κ1) is 57.6. The second kappa shape index (κ2) is 47.6. The van der Waals surface area contributed by atoms with Crippen LogP contribution in [0.2, 0.25) is 0 Å². The molecule has 0 spiro atoms. The Morgan fingerprint density at radius 2 is 0.831 bits per heavy atom. The third kappa shape index (κ3) is 43.1. The lowest BCUT2D eigenvalue weighted by atomic mass is 10.0. The first-order valence-corrected chi connectivity index (χ1v) is 26.4. The van der Waals surface area contributed by atoms with Crippen molar-refractivity contribution in [1.29, 1.82) is 0 Å². The third-order valence-electron chi connectivity index (χ3n) is 12.3. The molecule has 0 rings (SSSR count). The van der Waals surface area contributed by atoms with Gasteiger partial charge in [-0.2, -0.15) is 0 Å². The van der Waals surface area contributed by atoms with Crippen molar-refractivity contribution in [1.82, 2.24) is 5.32 Å². The zero-order valence-electron chi connectivity index (χ0n) is 39.9.